The van der Waals surface area contributed by atoms with Crippen LogP contribution in [-0.4, -0.2) is 4.98 Å². The Hall–Kier alpha value is -1.15. The molecule has 20 heavy (non-hydrogen) atoms. The lowest BCUT2D eigenvalue weighted by molar-refractivity contribution is 0.411. The number of thiophene rings is 1. The van der Waals surface area contributed by atoms with Crippen molar-refractivity contribution in [2.24, 2.45) is 5.41 Å². The Bertz CT molecular complexity index is 563. The summed E-state index contributed by atoms with van der Waals surface area (Å²) in [7, 11) is 0. The molecule has 0 spiro atoms. The lowest BCUT2D eigenvalue weighted by Crippen LogP contribution is -2.09. The lowest BCUT2D eigenvalue weighted by atomic mass is 9.88. The second-order valence-corrected chi connectivity index (χ2v) is 7.91. The van der Waals surface area contributed by atoms with E-state index in [1.807, 2.05) is 17.5 Å². The summed E-state index contributed by atoms with van der Waals surface area (Å²) in [5, 5.41) is 0. The van der Waals surface area contributed by atoms with Crippen molar-refractivity contribution in [2.75, 3.05) is 0 Å². The van der Waals surface area contributed by atoms with Crippen molar-refractivity contribution in [2.45, 2.75) is 53.4 Å². The first kappa shape index (κ1) is 15.2. The zero-order chi connectivity index (χ0) is 14.8. The van der Waals surface area contributed by atoms with E-state index in [0.29, 0.717) is 11.3 Å². The van der Waals surface area contributed by atoms with E-state index >= 15 is 0 Å². The zero-order valence-corrected chi connectivity index (χ0v) is 14.1. The maximum absolute atomic E-state index is 4.55. The van der Waals surface area contributed by atoms with Crippen molar-refractivity contribution >= 4 is 11.3 Å². The van der Waals surface area contributed by atoms with Crippen molar-refractivity contribution in [3.05, 3.63) is 40.9 Å². The summed E-state index contributed by atoms with van der Waals surface area (Å²) in [5.74, 6) is 0.645. The normalized spacial score (nSPS) is 13.4. The average molecular weight is 287 g/mol. The first-order chi connectivity index (χ1) is 9.39. The van der Waals surface area contributed by atoms with Crippen LogP contribution in [-0.2, 0) is 6.42 Å². The summed E-state index contributed by atoms with van der Waals surface area (Å²) in [6.45, 7) is 11.4. The van der Waals surface area contributed by atoms with Crippen LogP contribution in [0.15, 0.2) is 30.5 Å². The van der Waals surface area contributed by atoms with E-state index in [1.54, 1.807) is 0 Å². The fourth-order valence-electron chi connectivity index (χ4n) is 2.29. The molecule has 0 radical (unpaired) electrons. The minimum atomic E-state index is 0.315. The summed E-state index contributed by atoms with van der Waals surface area (Å²) >= 11 is 1.88. The molecule has 0 aliphatic carbocycles. The Morgan fingerprint density at radius 3 is 2.60 bits per heavy atom. The smallest absolute Gasteiger partial charge is 0.0804 e. The number of hydrogen-bond acceptors (Lipinski definition) is 2. The van der Waals surface area contributed by atoms with Gasteiger partial charge in [-0.05, 0) is 54.0 Å². The molecule has 0 saturated heterocycles. The van der Waals surface area contributed by atoms with Gasteiger partial charge in [-0.15, -0.1) is 11.3 Å². The highest BCUT2D eigenvalue weighted by Crippen LogP contribution is 2.33. The van der Waals surface area contributed by atoms with Gasteiger partial charge >= 0.3 is 0 Å². The van der Waals surface area contributed by atoms with Crippen LogP contribution in [0, 0.1) is 5.41 Å². The van der Waals surface area contributed by atoms with Crippen LogP contribution in [0.5, 0.6) is 0 Å². The summed E-state index contributed by atoms with van der Waals surface area (Å²) in [6.07, 6.45) is 4.22. The van der Waals surface area contributed by atoms with Crippen LogP contribution in [0.4, 0.5) is 0 Å². The third-order valence-electron chi connectivity index (χ3n) is 3.54. The summed E-state index contributed by atoms with van der Waals surface area (Å²) < 4.78 is 0. The molecule has 0 aliphatic rings. The molecule has 1 unspecified atom stereocenters. The molecule has 2 aromatic heterocycles. The fourth-order valence-corrected chi connectivity index (χ4v) is 3.40. The van der Waals surface area contributed by atoms with Gasteiger partial charge in [-0.3, -0.25) is 4.98 Å². The molecule has 0 aliphatic heterocycles. The zero-order valence-electron chi connectivity index (χ0n) is 13.2. The molecule has 0 saturated carbocycles. The largest absolute Gasteiger partial charge is 0.255 e. The summed E-state index contributed by atoms with van der Waals surface area (Å²) in [5.41, 5.74) is 2.81. The summed E-state index contributed by atoms with van der Waals surface area (Å²) in [6, 6.07) is 8.86. The SMILES string of the molecule is CCC(C)c1ccc(-c2cc(CC(C)(C)C)ccn2)s1. The lowest BCUT2D eigenvalue weighted by Gasteiger charge is -2.18. The molecular weight excluding hydrogens is 262 g/mol. The highest BCUT2D eigenvalue weighted by molar-refractivity contribution is 7.15. The van der Waals surface area contributed by atoms with Gasteiger partial charge < -0.3 is 0 Å². The van der Waals surface area contributed by atoms with Gasteiger partial charge in [0.15, 0.2) is 0 Å². The van der Waals surface area contributed by atoms with E-state index in [0.717, 1.165) is 12.1 Å². The first-order valence-electron chi connectivity index (χ1n) is 7.44. The third kappa shape index (κ3) is 3.92. The van der Waals surface area contributed by atoms with Crippen molar-refractivity contribution < 1.29 is 0 Å². The molecule has 0 N–H and O–H groups in total. The molecule has 2 rings (SSSR count). The van der Waals surface area contributed by atoms with Gasteiger partial charge in [0.05, 0.1) is 10.6 Å². The molecule has 2 aromatic rings. The van der Waals surface area contributed by atoms with Gasteiger partial charge in [0.25, 0.3) is 0 Å². The van der Waals surface area contributed by atoms with Crippen LogP contribution >= 0.6 is 11.3 Å². The van der Waals surface area contributed by atoms with E-state index in [1.165, 1.54) is 21.7 Å². The number of pyridine rings is 1. The quantitative estimate of drug-likeness (QED) is 0.681. The second-order valence-electron chi connectivity index (χ2n) is 6.80. The topological polar surface area (TPSA) is 12.9 Å². The highest BCUT2D eigenvalue weighted by Gasteiger charge is 2.13. The molecule has 0 fully saturated rings. The highest BCUT2D eigenvalue weighted by atomic mass is 32.1. The van der Waals surface area contributed by atoms with Gasteiger partial charge in [0, 0.05) is 11.1 Å². The second kappa shape index (κ2) is 6.09. The predicted octanol–water partition coefficient (Wildman–Crippen LogP) is 5.91. The standard InChI is InChI=1S/C18H25NS/c1-6-13(2)16-7-8-17(20-16)15-11-14(9-10-19-15)12-18(3,4)5/h7-11,13H,6,12H2,1-5H3. The molecule has 0 bridgehead atoms. The Morgan fingerprint density at radius 1 is 1.20 bits per heavy atom. The average Bonchev–Trinajstić information content (AvgIpc) is 2.85. The third-order valence-corrected chi connectivity index (χ3v) is 4.88. The van der Waals surface area contributed by atoms with Gasteiger partial charge in [-0.1, -0.05) is 34.6 Å². The maximum Gasteiger partial charge on any atom is 0.0804 e. The predicted molar refractivity (Wildman–Crippen MR) is 89.4 cm³/mol. The monoisotopic (exact) mass is 287 g/mol. The molecule has 2 heteroatoms. The molecular formula is C18H25NS. The molecule has 0 aromatic carbocycles. The van der Waals surface area contributed by atoms with Crippen molar-refractivity contribution in [1.29, 1.82) is 0 Å². The van der Waals surface area contributed by atoms with Crippen LogP contribution in [0.25, 0.3) is 10.6 Å². The van der Waals surface area contributed by atoms with Crippen molar-refractivity contribution in [1.82, 2.24) is 4.98 Å². The van der Waals surface area contributed by atoms with Crippen LogP contribution in [0.2, 0.25) is 0 Å². The number of rotatable bonds is 4. The molecule has 1 atom stereocenters. The van der Waals surface area contributed by atoms with Crippen molar-refractivity contribution in [3.8, 4) is 10.6 Å². The summed E-state index contributed by atoms with van der Waals surface area (Å²) in [4.78, 5) is 7.30. The van der Waals surface area contributed by atoms with E-state index in [9.17, 15) is 0 Å². The first-order valence-corrected chi connectivity index (χ1v) is 8.26. The van der Waals surface area contributed by atoms with E-state index < -0.39 is 0 Å². The van der Waals surface area contributed by atoms with E-state index in [-0.39, 0.29) is 0 Å². The molecule has 2 heterocycles. The minimum absolute atomic E-state index is 0.315. The van der Waals surface area contributed by atoms with Crippen LogP contribution in [0.1, 0.15) is 57.4 Å². The van der Waals surface area contributed by atoms with Gasteiger partial charge in [-0.25, -0.2) is 0 Å². The Labute approximate surface area is 127 Å². The van der Waals surface area contributed by atoms with E-state index in [2.05, 4.69) is 63.9 Å². The molecule has 0 amide bonds. The Kier molecular flexibility index (Phi) is 4.64. The van der Waals surface area contributed by atoms with Gasteiger partial charge in [-0.2, -0.15) is 0 Å². The maximum atomic E-state index is 4.55. The Morgan fingerprint density at radius 2 is 1.95 bits per heavy atom. The molecule has 108 valence electrons. The van der Waals surface area contributed by atoms with Crippen LogP contribution < -0.4 is 0 Å². The number of hydrogen-bond donors (Lipinski definition) is 0. The number of aromatic nitrogens is 1. The Balaban J connectivity index is 2.25. The van der Waals surface area contributed by atoms with E-state index in [4.69, 9.17) is 0 Å². The van der Waals surface area contributed by atoms with Gasteiger partial charge in [0.2, 0.25) is 0 Å². The fraction of sp³-hybridized carbons (Fsp3) is 0.500. The van der Waals surface area contributed by atoms with Crippen molar-refractivity contribution in [3.63, 3.8) is 0 Å². The number of nitrogens with zero attached hydrogens (tertiary/aromatic N) is 1. The minimum Gasteiger partial charge on any atom is -0.255 e. The van der Waals surface area contributed by atoms with Crippen LogP contribution in [0.3, 0.4) is 0 Å². The molecule has 1 nitrogen and oxygen atoms in total. The van der Waals surface area contributed by atoms with Gasteiger partial charge in [0.1, 0.15) is 0 Å².